The highest BCUT2D eigenvalue weighted by Crippen LogP contribution is 2.30. The number of nitrogen functional groups attached to an aromatic ring is 1. The third-order valence-corrected chi connectivity index (χ3v) is 3.82. The SMILES string of the molecule is COC(=O)c1sc(NCc2cccc(OC)c2)cc1N. The molecule has 0 aliphatic rings. The fourth-order valence-corrected chi connectivity index (χ4v) is 2.61. The van der Waals surface area contributed by atoms with Gasteiger partial charge in [0.2, 0.25) is 0 Å². The van der Waals surface area contributed by atoms with E-state index in [1.807, 2.05) is 24.3 Å². The maximum Gasteiger partial charge on any atom is 0.350 e. The molecule has 0 saturated heterocycles. The van der Waals surface area contributed by atoms with Crippen LogP contribution in [0.15, 0.2) is 30.3 Å². The van der Waals surface area contributed by atoms with E-state index in [-0.39, 0.29) is 0 Å². The normalized spacial score (nSPS) is 10.1. The summed E-state index contributed by atoms with van der Waals surface area (Å²) in [5, 5.41) is 4.05. The van der Waals surface area contributed by atoms with Crippen molar-refractivity contribution in [3.8, 4) is 5.75 Å². The van der Waals surface area contributed by atoms with Gasteiger partial charge >= 0.3 is 5.97 Å². The number of nitrogens with two attached hydrogens (primary N) is 1. The van der Waals surface area contributed by atoms with Crippen molar-refractivity contribution >= 4 is 28.0 Å². The van der Waals surface area contributed by atoms with E-state index in [0.717, 1.165) is 16.3 Å². The second-order valence-corrected chi connectivity index (χ2v) is 5.14. The highest BCUT2D eigenvalue weighted by molar-refractivity contribution is 7.18. The van der Waals surface area contributed by atoms with Crippen molar-refractivity contribution in [2.24, 2.45) is 0 Å². The molecular weight excluding hydrogens is 276 g/mol. The fourth-order valence-electron chi connectivity index (χ4n) is 1.72. The van der Waals surface area contributed by atoms with E-state index in [1.165, 1.54) is 18.4 Å². The Morgan fingerprint density at radius 1 is 1.35 bits per heavy atom. The van der Waals surface area contributed by atoms with Crippen LogP contribution in [0, 0.1) is 0 Å². The number of benzene rings is 1. The number of ether oxygens (including phenoxy) is 2. The van der Waals surface area contributed by atoms with Gasteiger partial charge in [-0.25, -0.2) is 4.79 Å². The molecule has 0 aliphatic carbocycles. The van der Waals surface area contributed by atoms with E-state index < -0.39 is 5.97 Å². The van der Waals surface area contributed by atoms with Gasteiger partial charge in [0.25, 0.3) is 0 Å². The van der Waals surface area contributed by atoms with Crippen LogP contribution >= 0.6 is 11.3 Å². The van der Waals surface area contributed by atoms with Crippen LogP contribution in [-0.4, -0.2) is 20.2 Å². The van der Waals surface area contributed by atoms with Crippen molar-refractivity contribution in [1.82, 2.24) is 0 Å². The topological polar surface area (TPSA) is 73.6 Å². The van der Waals surface area contributed by atoms with Gasteiger partial charge in [0, 0.05) is 6.54 Å². The lowest BCUT2D eigenvalue weighted by atomic mass is 10.2. The molecule has 20 heavy (non-hydrogen) atoms. The average molecular weight is 292 g/mol. The lowest BCUT2D eigenvalue weighted by molar-refractivity contribution is 0.0607. The minimum Gasteiger partial charge on any atom is -0.497 e. The summed E-state index contributed by atoms with van der Waals surface area (Å²) in [5.74, 6) is 0.396. The lowest BCUT2D eigenvalue weighted by Crippen LogP contribution is -2.01. The van der Waals surface area contributed by atoms with Crippen molar-refractivity contribution in [2.45, 2.75) is 6.54 Å². The summed E-state index contributed by atoms with van der Waals surface area (Å²) >= 11 is 1.28. The molecule has 0 amide bonds. The Bertz CT molecular complexity index is 610. The molecule has 1 heterocycles. The number of nitrogens with one attached hydrogen (secondary N) is 1. The van der Waals surface area contributed by atoms with Crippen molar-refractivity contribution in [3.63, 3.8) is 0 Å². The molecule has 1 aromatic carbocycles. The number of hydrogen-bond acceptors (Lipinski definition) is 6. The van der Waals surface area contributed by atoms with Crippen LogP contribution < -0.4 is 15.8 Å². The van der Waals surface area contributed by atoms with Gasteiger partial charge in [0.05, 0.1) is 24.9 Å². The van der Waals surface area contributed by atoms with Crippen LogP contribution in [0.3, 0.4) is 0 Å². The van der Waals surface area contributed by atoms with Gasteiger partial charge in [0.1, 0.15) is 10.6 Å². The third-order valence-electron chi connectivity index (χ3n) is 2.73. The van der Waals surface area contributed by atoms with Crippen LogP contribution in [0.4, 0.5) is 10.7 Å². The Balaban J connectivity index is 2.05. The van der Waals surface area contributed by atoms with Crippen molar-refractivity contribution in [2.75, 3.05) is 25.3 Å². The summed E-state index contributed by atoms with van der Waals surface area (Å²) in [4.78, 5) is 11.9. The van der Waals surface area contributed by atoms with E-state index in [4.69, 9.17) is 10.5 Å². The zero-order valence-corrected chi connectivity index (χ0v) is 12.1. The first kappa shape index (κ1) is 14.2. The number of thiophene rings is 1. The Hall–Kier alpha value is -2.21. The predicted octanol–water partition coefficient (Wildman–Crippen LogP) is 2.74. The van der Waals surface area contributed by atoms with Crippen LogP contribution in [0.1, 0.15) is 15.2 Å². The van der Waals surface area contributed by atoms with Gasteiger partial charge in [-0.05, 0) is 23.8 Å². The van der Waals surface area contributed by atoms with Gasteiger partial charge in [-0.1, -0.05) is 12.1 Å². The molecule has 1 aromatic heterocycles. The average Bonchev–Trinajstić information content (AvgIpc) is 2.85. The minimum atomic E-state index is -0.415. The molecule has 0 fully saturated rings. The zero-order chi connectivity index (χ0) is 14.5. The van der Waals surface area contributed by atoms with E-state index in [9.17, 15) is 4.79 Å². The third kappa shape index (κ3) is 3.21. The summed E-state index contributed by atoms with van der Waals surface area (Å²) < 4.78 is 9.84. The van der Waals surface area contributed by atoms with Gasteiger partial charge < -0.3 is 20.5 Å². The number of carbonyl (C=O) groups is 1. The summed E-state index contributed by atoms with van der Waals surface area (Å²) in [6, 6.07) is 9.50. The van der Waals surface area contributed by atoms with Crippen LogP contribution in [0.2, 0.25) is 0 Å². The fraction of sp³-hybridized carbons (Fsp3) is 0.214. The van der Waals surface area contributed by atoms with Crippen LogP contribution in [-0.2, 0) is 11.3 Å². The molecule has 3 N–H and O–H groups in total. The van der Waals surface area contributed by atoms with E-state index in [1.54, 1.807) is 13.2 Å². The van der Waals surface area contributed by atoms with Crippen LogP contribution in [0.5, 0.6) is 5.75 Å². The molecule has 2 aromatic rings. The van der Waals surface area contributed by atoms with Crippen molar-refractivity contribution in [3.05, 3.63) is 40.8 Å². The quantitative estimate of drug-likeness (QED) is 0.829. The van der Waals surface area contributed by atoms with Gasteiger partial charge in [-0.2, -0.15) is 0 Å². The molecule has 106 valence electrons. The predicted molar refractivity (Wildman–Crippen MR) is 80.4 cm³/mol. The molecular formula is C14H16N2O3S. The molecule has 2 rings (SSSR count). The second kappa shape index (κ2) is 6.29. The molecule has 0 bridgehead atoms. The van der Waals surface area contributed by atoms with Crippen molar-refractivity contribution < 1.29 is 14.3 Å². The van der Waals surface area contributed by atoms with Gasteiger partial charge in [-0.3, -0.25) is 0 Å². The molecule has 0 atom stereocenters. The molecule has 6 heteroatoms. The highest BCUT2D eigenvalue weighted by Gasteiger charge is 2.14. The summed E-state index contributed by atoms with van der Waals surface area (Å²) in [6.45, 7) is 0.623. The summed E-state index contributed by atoms with van der Waals surface area (Å²) in [7, 11) is 2.97. The minimum absolute atomic E-state index is 0.415. The molecule has 0 unspecified atom stereocenters. The molecule has 0 spiro atoms. The number of rotatable bonds is 5. The number of hydrogen-bond donors (Lipinski definition) is 2. The molecule has 5 nitrogen and oxygen atoms in total. The molecule has 0 radical (unpaired) electrons. The van der Waals surface area contributed by atoms with Gasteiger partial charge in [-0.15, -0.1) is 11.3 Å². The van der Waals surface area contributed by atoms with E-state index in [2.05, 4.69) is 10.1 Å². The first-order chi connectivity index (χ1) is 9.63. The summed E-state index contributed by atoms with van der Waals surface area (Å²) in [5.41, 5.74) is 7.29. The number of esters is 1. The first-order valence-corrected chi connectivity index (χ1v) is 6.80. The zero-order valence-electron chi connectivity index (χ0n) is 11.3. The maximum absolute atomic E-state index is 11.5. The van der Waals surface area contributed by atoms with E-state index >= 15 is 0 Å². The lowest BCUT2D eigenvalue weighted by Gasteiger charge is -2.05. The van der Waals surface area contributed by atoms with Crippen LogP contribution in [0.25, 0.3) is 0 Å². The number of methoxy groups -OCH3 is 2. The maximum atomic E-state index is 11.5. The van der Waals surface area contributed by atoms with Gasteiger partial charge in [0.15, 0.2) is 0 Å². The molecule has 0 aliphatic heterocycles. The largest absolute Gasteiger partial charge is 0.497 e. The monoisotopic (exact) mass is 292 g/mol. The smallest absolute Gasteiger partial charge is 0.350 e. The number of anilines is 2. The Labute approximate surface area is 121 Å². The summed E-state index contributed by atoms with van der Waals surface area (Å²) in [6.07, 6.45) is 0. The second-order valence-electron chi connectivity index (χ2n) is 4.09. The Kier molecular flexibility index (Phi) is 4.47. The van der Waals surface area contributed by atoms with E-state index in [0.29, 0.717) is 17.1 Å². The van der Waals surface area contributed by atoms with Crippen molar-refractivity contribution in [1.29, 1.82) is 0 Å². The Morgan fingerprint density at radius 3 is 2.85 bits per heavy atom. The standard InChI is InChI=1S/C14H16N2O3S/c1-18-10-5-3-4-9(6-10)8-16-12-7-11(15)13(20-12)14(17)19-2/h3-7,16H,8,15H2,1-2H3. The first-order valence-electron chi connectivity index (χ1n) is 5.98. The Morgan fingerprint density at radius 2 is 2.15 bits per heavy atom. The highest BCUT2D eigenvalue weighted by atomic mass is 32.1. The number of carbonyl (C=O) groups excluding carboxylic acids is 1. The molecule has 0 saturated carbocycles.